The number of ether oxygens (including phenoxy) is 2. The van der Waals surface area contributed by atoms with Gasteiger partial charge in [-0.25, -0.2) is 9.59 Å². The van der Waals surface area contributed by atoms with Crippen molar-refractivity contribution in [1.82, 2.24) is 10.6 Å². The summed E-state index contributed by atoms with van der Waals surface area (Å²) < 4.78 is 11.1. The first-order valence-electron chi connectivity index (χ1n) is 8.24. The average Bonchev–Trinajstić information content (AvgIpc) is 2.59. The van der Waals surface area contributed by atoms with Crippen LogP contribution in [-0.2, 0) is 9.53 Å². The summed E-state index contributed by atoms with van der Waals surface area (Å²) >= 11 is 1.60. The first kappa shape index (κ1) is 19.2. The van der Waals surface area contributed by atoms with E-state index in [2.05, 4.69) is 10.6 Å². The highest BCUT2D eigenvalue weighted by Gasteiger charge is 2.33. The molecule has 0 aromatic heterocycles. The van der Waals surface area contributed by atoms with Gasteiger partial charge in [0.15, 0.2) is 0 Å². The molecule has 7 heteroatoms. The number of para-hydroxylation sites is 1. The predicted octanol–water partition coefficient (Wildman–Crippen LogP) is 3.01. The van der Waals surface area contributed by atoms with Crippen molar-refractivity contribution in [2.75, 3.05) is 25.2 Å². The minimum absolute atomic E-state index is 0.325. The van der Waals surface area contributed by atoms with Gasteiger partial charge in [0, 0.05) is 17.0 Å². The Labute approximate surface area is 152 Å². The van der Waals surface area contributed by atoms with Gasteiger partial charge in [-0.2, -0.15) is 11.8 Å². The lowest BCUT2D eigenvalue weighted by Gasteiger charge is -2.29. The molecule has 1 heterocycles. The first-order chi connectivity index (χ1) is 12.1. The topological polar surface area (TPSA) is 76.7 Å². The molecule has 0 radical (unpaired) electrons. The second-order valence-electron chi connectivity index (χ2n) is 5.59. The van der Waals surface area contributed by atoms with Crippen molar-refractivity contribution in [1.29, 1.82) is 0 Å². The summed E-state index contributed by atoms with van der Waals surface area (Å²) in [5.74, 6) is 0.937. The molecule has 0 bridgehead atoms. The molecule has 0 aliphatic carbocycles. The van der Waals surface area contributed by atoms with Crippen LogP contribution >= 0.6 is 11.8 Å². The highest BCUT2D eigenvalue weighted by molar-refractivity contribution is 7.98. The molecule has 1 aliphatic rings. The maximum atomic E-state index is 12.6. The minimum atomic E-state index is -0.608. The quantitative estimate of drug-likeness (QED) is 0.548. The zero-order valence-electron chi connectivity index (χ0n) is 14.8. The molecule has 1 aromatic carbocycles. The Kier molecular flexibility index (Phi) is 7.18. The third-order valence-corrected chi connectivity index (χ3v) is 4.28. The number of carbonyl (C=O) groups is 2. The van der Waals surface area contributed by atoms with E-state index in [1.807, 2.05) is 37.4 Å². The molecule has 0 saturated carbocycles. The number of nitrogens with one attached hydrogen (secondary N) is 2. The van der Waals surface area contributed by atoms with Crippen molar-refractivity contribution in [3.63, 3.8) is 0 Å². The van der Waals surface area contributed by atoms with Crippen molar-refractivity contribution in [3.05, 3.63) is 41.1 Å². The van der Waals surface area contributed by atoms with E-state index in [0.29, 0.717) is 30.2 Å². The predicted molar refractivity (Wildman–Crippen MR) is 98.7 cm³/mol. The lowest BCUT2D eigenvalue weighted by Crippen LogP contribution is -2.45. The maximum absolute atomic E-state index is 12.6. The molecular weight excluding hydrogens is 340 g/mol. The molecule has 136 valence electrons. The number of thioether (sulfide) groups is 1. The van der Waals surface area contributed by atoms with Crippen LogP contribution in [0.3, 0.4) is 0 Å². The summed E-state index contributed by atoms with van der Waals surface area (Å²) in [5.41, 5.74) is 1.63. The molecule has 2 amide bonds. The number of benzene rings is 1. The van der Waals surface area contributed by atoms with Crippen LogP contribution in [0.5, 0.6) is 5.75 Å². The van der Waals surface area contributed by atoms with Crippen LogP contribution in [0.2, 0.25) is 0 Å². The van der Waals surface area contributed by atoms with E-state index in [1.54, 1.807) is 18.7 Å². The number of amides is 2. The number of urea groups is 1. The fourth-order valence-electron chi connectivity index (χ4n) is 2.56. The van der Waals surface area contributed by atoms with E-state index in [0.717, 1.165) is 17.7 Å². The van der Waals surface area contributed by atoms with Crippen molar-refractivity contribution < 1.29 is 19.1 Å². The summed E-state index contributed by atoms with van der Waals surface area (Å²) in [5, 5.41) is 5.45. The zero-order valence-corrected chi connectivity index (χ0v) is 15.6. The van der Waals surface area contributed by atoms with Gasteiger partial charge in [0.25, 0.3) is 0 Å². The minimum Gasteiger partial charge on any atom is -0.493 e. The van der Waals surface area contributed by atoms with Crippen LogP contribution in [0.15, 0.2) is 35.5 Å². The summed E-state index contributed by atoms with van der Waals surface area (Å²) in [6, 6.07) is 6.45. The lowest BCUT2D eigenvalue weighted by molar-refractivity contribution is -0.138. The van der Waals surface area contributed by atoms with Crippen molar-refractivity contribution in [3.8, 4) is 5.75 Å². The van der Waals surface area contributed by atoms with E-state index in [4.69, 9.17) is 9.47 Å². The average molecular weight is 364 g/mol. The Morgan fingerprint density at radius 3 is 2.76 bits per heavy atom. The summed E-state index contributed by atoms with van der Waals surface area (Å²) in [6.45, 7) is 4.61. The van der Waals surface area contributed by atoms with E-state index < -0.39 is 12.0 Å². The second-order valence-corrected chi connectivity index (χ2v) is 6.57. The van der Waals surface area contributed by atoms with Gasteiger partial charge < -0.3 is 20.1 Å². The van der Waals surface area contributed by atoms with Crippen LogP contribution < -0.4 is 15.4 Å². The van der Waals surface area contributed by atoms with Crippen molar-refractivity contribution >= 4 is 23.8 Å². The van der Waals surface area contributed by atoms with Crippen LogP contribution in [-0.4, -0.2) is 37.2 Å². The summed E-state index contributed by atoms with van der Waals surface area (Å²) in [7, 11) is 0. The van der Waals surface area contributed by atoms with E-state index in [1.165, 1.54) is 0 Å². The molecule has 25 heavy (non-hydrogen) atoms. The molecule has 1 aromatic rings. The Balaban J connectivity index is 2.34. The fourth-order valence-corrected chi connectivity index (χ4v) is 2.81. The Bertz CT molecular complexity index is 660. The maximum Gasteiger partial charge on any atom is 0.338 e. The molecule has 1 atom stereocenters. The third-order valence-electron chi connectivity index (χ3n) is 3.70. The van der Waals surface area contributed by atoms with Gasteiger partial charge >= 0.3 is 12.0 Å². The van der Waals surface area contributed by atoms with Crippen molar-refractivity contribution in [2.24, 2.45) is 0 Å². The number of hydrogen-bond donors (Lipinski definition) is 2. The Morgan fingerprint density at radius 1 is 1.28 bits per heavy atom. The molecule has 1 aliphatic heterocycles. The van der Waals surface area contributed by atoms with Gasteiger partial charge in [-0.15, -0.1) is 0 Å². The van der Waals surface area contributed by atoms with Crippen LogP contribution in [0, 0.1) is 0 Å². The van der Waals surface area contributed by atoms with Gasteiger partial charge in [-0.05, 0) is 25.7 Å². The van der Waals surface area contributed by atoms with Gasteiger partial charge in [-0.3, -0.25) is 0 Å². The molecule has 6 nitrogen and oxygen atoms in total. The monoisotopic (exact) mass is 364 g/mol. The molecule has 0 fully saturated rings. The highest BCUT2D eigenvalue weighted by Crippen LogP contribution is 2.33. The molecule has 2 N–H and O–H groups in total. The Morgan fingerprint density at radius 2 is 2.04 bits per heavy atom. The summed E-state index contributed by atoms with van der Waals surface area (Å²) in [4.78, 5) is 24.5. The molecule has 1 unspecified atom stereocenters. The number of rotatable bonds is 8. The lowest BCUT2D eigenvalue weighted by atomic mass is 9.95. The fraction of sp³-hybridized carbons (Fsp3) is 0.444. The highest BCUT2D eigenvalue weighted by atomic mass is 32.2. The largest absolute Gasteiger partial charge is 0.493 e. The number of hydrogen-bond acceptors (Lipinski definition) is 5. The normalized spacial score (nSPS) is 16.9. The van der Waals surface area contributed by atoms with Crippen LogP contribution in [0.1, 0.15) is 31.9 Å². The number of esters is 1. The number of carbonyl (C=O) groups excluding carboxylic acids is 2. The zero-order chi connectivity index (χ0) is 18.2. The van der Waals surface area contributed by atoms with Gasteiger partial charge in [-0.1, -0.05) is 25.1 Å². The standard InChI is InChI=1S/C18H24N2O4S/c1-4-9-23-14-8-6-5-7-13(14)16-15(12(2)19-18(22)20-16)17(21)24-10-11-25-3/h5-8,16H,4,9-11H2,1-3H3,(H2,19,20,22). The van der Waals surface area contributed by atoms with E-state index in [-0.39, 0.29) is 6.03 Å². The second kappa shape index (κ2) is 9.36. The van der Waals surface area contributed by atoms with E-state index in [9.17, 15) is 9.59 Å². The number of allylic oxidation sites excluding steroid dienone is 1. The molecular formula is C18H24N2O4S. The molecule has 2 rings (SSSR count). The Hall–Kier alpha value is -2.15. The first-order valence-corrected chi connectivity index (χ1v) is 9.64. The SMILES string of the molecule is CCCOc1ccccc1C1NC(=O)NC(C)=C1C(=O)OCCSC. The third kappa shape index (κ3) is 4.92. The smallest absolute Gasteiger partial charge is 0.338 e. The van der Waals surface area contributed by atoms with E-state index >= 15 is 0 Å². The van der Waals surface area contributed by atoms with Crippen LogP contribution in [0.25, 0.3) is 0 Å². The van der Waals surface area contributed by atoms with Crippen LogP contribution in [0.4, 0.5) is 4.79 Å². The summed E-state index contributed by atoms with van der Waals surface area (Å²) in [6.07, 6.45) is 2.82. The van der Waals surface area contributed by atoms with Gasteiger partial charge in [0.05, 0.1) is 18.2 Å². The van der Waals surface area contributed by atoms with Crippen molar-refractivity contribution in [2.45, 2.75) is 26.3 Å². The molecule has 0 spiro atoms. The molecule has 0 saturated heterocycles. The van der Waals surface area contributed by atoms with Gasteiger partial charge in [0.1, 0.15) is 12.4 Å². The van der Waals surface area contributed by atoms with Gasteiger partial charge in [0.2, 0.25) is 0 Å².